The van der Waals surface area contributed by atoms with Gasteiger partial charge in [-0.15, -0.1) is 0 Å². The summed E-state index contributed by atoms with van der Waals surface area (Å²) in [4.78, 5) is 2.29. The first-order valence-corrected chi connectivity index (χ1v) is 8.79. The van der Waals surface area contributed by atoms with Gasteiger partial charge in [0, 0.05) is 19.0 Å². The monoisotopic (exact) mass is 373 g/mol. The molecule has 0 N–H and O–H groups in total. The molecular formula is C21H27NO5. The van der Waals surface area contributed by atoms with Gasteiger partial charge in [-0.05, 0) is 48.0 Å². The lowest BCUT2D eigenvalue weighted by Gasteiger charge is -2.33. The van der Waals surface area contributed by atoms with Gasteiger partial charge in [0.25, 0.3) is 0 Å². The van der Waals surface area contributed by atoms with Crippen molar-refractivity contribution in [1.29, 1.82) is 0 Å². The van der Waals surface area contributed by atoms with Crippen LogP contribution in [0.3, 0.4) is 0 Å². The maximum absolute atomic E-state index is 5.54. The molecule has 3 rings (SSSR count). The lowest BCUT2D eigenvalue weighted by atomic mass is 9.84. The third-order valence-electron chi connectivity index (χ3n) is 5.04. The second-order valence-corrected chi connectivity index (χ2v) is 6.61. The van der Waals surface area contributed by atoms with Crippen LogP contribution in [-0.2, 0) is 6.54 Å². The molecule has 0 bridgehead atoms. The second-order valence-electron chi connectivity index (χ2n) is 6.61. The van der Waals surface area contributed by atoms with Crippen LogP contribution in [0.5, 0.6) is 28.7 Å². The number of ether oxygens (including phenoxy) is 5. The number of rotatable bonds is 6. The molecule has 1 aliphatic rings. The predicted molar refractivity (Wildman–Crippen MR) is 104 cm³/mol. The zero-order valence-electron chi connectivity index (χ0n) is 16.8. The van der Waals surface area contributed by atoms with Crippen molar-refractivity contribution >= 4 is 0 Å². The Balaban J connectivity index is 2.16. The molecule has 0 aliphatic carbocycles. The summed E-state index contributed by atoms with van der Waals surface area (Å²) in [7, 11) is 10.3. The molecule has 0 amide bonds. The molecule has 0 fully saturated rings. The fourth-order valence-electron chi connectivity index (χ4n) is 3.75. The first-order chi connectivity index (χ1) is 13.1. The third-order valence-corrected chi connectivity index (χ3v) is 5.04. The van der Waals surface area contributed by atoms with Crippen molar-refractivity contribution in [2.24, 2.45) is 0 Å². The summed E-state index contributed by atoms with van der Waals surface area (Å²) in [6, 6.07) is 8.18. The fraction of sp³-hybridized carbons (Fsp3) is 0.429. The van der Waals surface area contributed by atoms with Crippen molar-refractivity contribution in [3.05, 3.63) is 41.0 Å². The number of hydrogen-bond acceptors (Lipinski definition) is 6. The van der Waals surface area contributed by atoms with Crippen LogP contribution in [0.1, 0.15) is 22.6 Å². The summed E-state index contributed by atoms with van der Waals surface area (Å²) in [5, 5.41) is 0. The smallest absolute Gasteiger partial charge is 0.203 e. The number of methoxy groups -OCH3 is 5. The Bertz CT molecular complexity index is 795. The Morgan fingerprint density at radius 1 is 0.741 bits per heavy atom. The molecule has 0 aromatic heterocycles. The highest BCUT2D eigenvalue weighted by Crippen LogP contribution is 2.44. The van der Waals surface area contributed by atoms with Gasteiger partial charge >= 0.3 is 0 Å². The summed E-state index contributed by atoms with van der Waals surface area (Å²) < 4.78 is 27.6. The summed E-state index contributed by atoms with van der Waals surface area (Å²) in [6.45, 7) is 1.73. The lowest BCUT2D eigenvalue weighted by Crippen LogP contribution is -2.31. The minimum Gasteiger partial charge on any atom is -0.493 e. The largest absolute Gasteiger partial charge is 0.493 e. The fourth-order valence-corrected chi connectivity index (χ4v) is 3.75. The van der Waals surface area contributed by atoms with E-state index in [1.54, 1.807) is 35.5 Å². The SMILES string of the molecule is COc1cc2c(cc1OC)C(c1cc(OC)c(OC)c(OC)c1)CN(C)C2. The van der Waals surface area contributed by atoms with Crippen LogP contribution in [0, 0.1) is 0 Å². The molecule has 2 aromatic carbocycles. The second kappa shape index (κ2) is 7.96. The molecule has 1 heterocycles. The van der Waals surface area contributed by atoms with Gasteiger partial charge in [0.05, 0.1) is 35.5 Å². The van der Waals surface area contributed by atoms with E-state index in [1.807, 2.05) is 12.1 Å². The zero-order chi connectivity index (χ0) is 19.6. The number of benzene rings is 2. The molecule has 6 heteroatoms. The highest BCUT2D eigenvalue weighted by molar-refractivity contribution is 5.58. The highest BCUT2D eigenvalue weighted by atomic mass is 16.5. The van der Waals surface area contributed by atoms with Crippen LogP contribution in [0.25, 0.3) is 0 Å². The Morgan fingerprint density at radius 2 is 1.30 bits per heavy atom. The molecule has 1 atom stereocenters. The first kappa shape index (κ1) is 19.2. The van der Waals surface area contributed by atoms with E-state index in [4.69, 9.17) is 23.7 Å². The molecule has 1 aliphatic heterocycles. The van der Waals surface area contributed by atoms with Gasteiger partial charge < -0.3 is 28.6 Å². The maximum atomic E-state index is 5.54. The van der Waals surface area contributed by atoms with Crippen LogP contribution < -0.4 is 23.7 Å². The van der Waals surface area contributed by atoms with Crippen molar-refractivity contribution in [2.45, 2.75) is 12.5 Å². The molecule has 2 aromatic rings. The van der Waals surface area contributed by atoms with Crippen molar-refractivity contribution in [2.75, 3.05) is 49.1 Å². The normalized spacial score (nSPS) is 16.4. The van der Waals surface area contributed by atoms with E-state index in [-0.39, 0.29) is 5.92 Å². The van der Waals surface area contributed by atoms with Crippen molar-refractivity contribution in [1.82, 2.24) is 4.90 Å². The van der Waals surface area contributed by atoms with Crippen LogP contribution in [-0.4, -0.2) is 54.0 Å². The van der Waals surface area contributed by atoms with Crippen molar-refractivity contribution in [3.8, 4) is 28.7 Å². The Labute approximate surface area is 160 Å². The van der Waals surface area contributed by atoms with E-state index in [0.29, 0.717) is 17.2 Å². The van der Waals surface area contributed by atoms with Gasteiger partial charge in [-0.2, -0.15) is 0 Å². The predicted octanol–water partition coefficient (Wildman–Crippen LogP) is 3.31. The van der Waals surface area contributed by atoms with E-state index in [2.05, 4.69) is 24.1 Å². The third kappa shape index (κ3) is 3.49. The number of hydrogen-bond donors (Lipinski definition) is 0. The van der Waals surface area contributed by atoms with Gasteiger partial charge in [0.15, 0.2) is 23.0 Å². The van der Waals surface area contributed by atoms with Crippen LogP contribution >= 0.6 is 0 Å². The average Bonchev–Trinajstić information content (AvgIpc) is 2.70. The molecule has 0 saturated carbocycles. The van der Waals surface area contributed by atoms with Gasteiger partial charge in [0.1, 0.15) is 0 Å². The zero-order valence-corrected chi connectivity index (χ0v) is 16.8. The van der Waals surface area contributed by atoms with E-state index in [9.17, 15) is 0 Å². The molecule has 1 unspecified atom stereocenters. The Morgan fingerprint density at radius 3 is 1.81 bits per heavy atom. The minimum atomic E-state index is 0.146. The highest BCUT2D eigenvalue weighted by Gasteiger charge is 2.28. The summed E-state index contributed by atoms with van der Waals surface area (Å²) in [5.74, 6) is 3.53. The van der Waals surface area contributed by atoms with E-state index in [1.165, 1.54) is 11.1 Å². The Hall–Kier alpha value is -2.60. The maximum Gasteiger partial charge on any atom is 0.203 e. The van der Waals surface area contributed by atoms with Crippen LogP contribution in [0.2, 0.25) is 0 Å². The van der Waals surface area contributed by atoms with Crippen molar-refractivity contribution in [3.63, 3.8) is 0 Å². The molecule has 0 spiro atoms. The quantitative estimate of drug-likeness (QED) is 0.774. The summed E-state index contributed by atoms with van der Waals surface area (Å²) in [6.07, 6.45) is 0. The van der Waals surface area contributed by atoms with Gasteiger partial charge in [0.2, 0.25) is 5.75 Å². The van der Waals surface area contributed by atoms with E-state index < -0.39 is 0 Å². The lowest BCUT2D eigenvalue weighted by molar-refractivity contribution is 0.289. The number of fused-ring (bicyclic) bond motifs is 1. The van der Waals surface area contributed by atoms with Gasteiger partial charge in [-0.25, -0.2) is 0 Å². The van der Waals surface area contributed by atoms with Gasteiger partial charge in [-0.3, -0.25) is 0 Å². The Kier molecular flexibility index (Phi) is 5.65. The summed E-state index contributed by atoms with van der Waals surface area (Å²) >= 11 is 0. The van der Waals surface area contributed by atoms with Crippen molar-refractivity contribution < 1.29 is 23.7 Å². The molecule has 146 valence electrons. The number of nitrogens with zero attached hydrogens (tertiary/aromatic N) is 1. The molecule has 6 nitrogen and oxygen atoms in total. The van der Waals surface area contributed by atoms with Gasteiger partial charge in [-0.1, -0.05) is 0 Å². The molecular weight excluding hydrogens is 346 g/mol. The molecule has 0 radical (unpaired) electrons. The van der Waals surface area contributed by atoms with Crippen LogP contribution in [0.15, 0.2) is 24.3 Å². The molecule has 0 saturated heterocycles. The molecule has 27 heavy (non-hydrogen) atoms. The van der Waals surface area contributed by atoms with Crippen LogP contribution in [0.4, 0.5) is 0 Å². The van der Waals surface area contributed by atoms with E-state index in [0.717, 1.165) is 30.2 Å². The number of likely N-dealkylation sites (N-methyl/N-ethyl adjacent to an activating group) is 1. The first-order valence-electron chi connectivity index (χ1n) is 8.79. The summed E-state index contributed by atoms with van der Waals surface area (Å²) in [5.41, 5.74) is 3.55. The van der Waals surface area contributed by atoms with E-state index >= 15 is 0 Å². The minimum absolute atomic E-state index is 0.146. The average molecular weight is 373 g/mol. The topological polar surface area (TPSA) is 49.4 Å². The standard InChI is InChI=1S/C21H27NO5/c1-22-11-14-9-17(23-2)18(24-3)10-15(14)16(12-22)13-7-19(25-4)21(27-6)20(8-13)26-5/h7-10,16H,11-12H2,1-6H3.